The van der Waals surface area contributed by atoms with Gasteiger partial charge in [0.25, 0.3) is 0 Å². The van der Waals surface area contributed by atoms with Crippen molar-refractivity contribution < 1.29 is 13.2 Å². The van der Waals surface area contributed by atoms with Crippen molar-refractivity contribution >= 4 is 11.3 Å². The van der Waals surface area contributed by atoms with Gasteiger partial charge in [-0.1, -0.05) is 0 Å². The Labute approximate surface area is 116 Å². The molecule has 1 aromatic rings. The van der Waals surface area contributed by atoms with Crippen LogP contribution in [0.15, 0.2) is 11.4 Å². The maximum absolute atomic E-state index is 12.2. The topological polar surface area (TPSA) is 12.0 Å². The Bertz CT molecular complexity index is 400. The van der Waals surface area contributed by atoms with Crippen LogP contribution in [0.3, 0.4) is 0 Å². The Morgan fingerprint density at radius 2 is 2.26 bits per heavy atom. The van der Waals surface area contributed by atoms with Gasteiger partial charge < -0.3 is 5.32 Å². The molecule has 0 bridgehead atoms. The number of hydrogen-bond donors (Lipinski definition) is 1. The van der Waals surface area contributed by atoms with E-state index in [9.17, 15) is 13.2 Å². The molecule has 1 aliphatic carbocycles. The molecule has 0 aliphatic heterocycles. The summed E-state index contributed by atoms with van der Waals surface area (Å²) < 4.78 is 36.7. The fourth-order valence-corrected chi connectivity index (χ4v) is 4.01. The number of thiophene rings is 1. The second-order valence-corrected chi connectivity index (χ2v) is 6.20. The van der Waals surface area contributed by atoms with E-state index in [1.807, 2.05) is 7.05 Å². The van der Waals surface area contributed by atoms with E-state index in [0.29, 0.717) is 12.3 Å². The zero-order valence-electron chi connectivity index (χ0n) is 11.1. The quantitative estimate of drug-likeness (QED) is 0.843. The minimum atomic E-state index is -4.03. The average Bonchev–Trinajstić information content (AvgIpc) is 2.81. The first kappa shape index (κ1) is 14.9. The molecule has 0 radical (unpaired) electrons. The maximum Gasteiger partial charge on any atom is 0.389 e. The number of alkyl halides is 3. The number of halogens is 3. The van der Waals surface area contributed by atoms with Crippen molar-refractivity contribution in [2.75, 3.05) is 7.05 Å². The van der Waals surface area contributed by atoms with E-state index in [2.05, 4.69) is 16.8 Å². The lowest BCUT2D eigenvalue weighted by molar-refractivity contribution is -0.135. The fraction of sp³-hybridized carbons (Fsp3) is 0.714. The number of hydrogen-bond acceptors (Lipinski definition) is 2. The molecule has 1 heterocycles. The second kappa shape index (κ2) is 6.27. The molecule has 0 spiro atoms. The van der Waals surface area contributed by atoms with E-state index < -0.39 is 12.6 Å². The molecule has 1 nitrogen and oxygen atoms in total. The molecule has 2 unspecified atom stereocenters. The molecule has 19 heavy (non-hydrogen) atoms. The molecule has 108 valence electrons. The Morgan fingerprint density at radius 1 is 1.47 bits per heavy atom. The predicted octanol–water partition coefficient (Wildman–Crippen LogP) is 4.49. The number of aryl methyl sites for hydroxylation is 1. The number of fused-ring (bicyclic) bond motifs is 1. The highest BCUT2D eigenvalue weighted by Crippen LogP contribution is 2.38. The van der Waals surface area contributed by atoms with Gasteiger partial charge in [-0.05, 0) is 56.2 Å². The third-order valence-electron chi connectivity index (χ3n) is 3.93. The van der Waals surface area contributed by atoms with Gasteiger partial charge in [0, 0.05) is 23.3 Å². The molecule has 2 rings (SSSR count). The Morgan fingerprint density at radius 3 is 2.95 bits per heavy atom. The summed E-state index contributed by atoms with van der Waals surface area (Å²) >= 11 is 1.78. The summed E-state index contributed by atoms with van der Waals surface area (Å²) in [5.74, 6) is 0.383. The standard InChI is InChI=1S/C14H20F3NS/c1-18-12(5-3-8-14(15,16)17)10-4-2-6-13-11(10)7-9-19-13/h7,9-10,12,18H,2-6,8H2,1H3. The van der Waals surface area contributed by atoms with E-state index >= 15 is 0 Å². The molecule has 0 saturated heterocycles. The van der Waals surface area contributed by atoms with Crippen LogP contribution in [0.25, 0.3) is 0 Å². The summed E-state index contributed by atoms with van der Waals surface area (Å²) in [6.07, 6.45) is -0.535. The molecule has 2 atom stereocenters. The Hall–Kier alpha value is -0.550. The van der Waals surface area contributed by atoms with E-state index in [1.165, 1.54) is 10.4 Å². The third kappa shape index (κ3) is 3.96. The van der Waals surface area contributed by atoms with Crippen molar-refractivity contribution in [1.29, 1.82) is 0 Å². The normalized spacial score (nSPS) is 21.2. The molecule has 0 amide bonds. The fourth-order valence-electron chi connectivity index (χ4n) is 3.01. The summed E-state index contributed by atoms with van der Waals surface area (Å²) in [5.41, 5.74) is 1.36. The molecule has 1 aliphatic rings. The van der Waals surface area contributed by atoms with Crippen LogP contribution in [-0.4, -0.2) is 19.3 Å². The summed E-state index contributed by atoms with van der Waals surface area (Å²) in [5, 5.41) is 5.33. The van der Waals surface area contributed by atoms with Crippen LogP contribution in [-0.2, 0) is 6.42 Å². The van der Waals surface area contributed by atoms with Crippen molar-refractivity contribution in [3.05, 3.63) is 21.9 Å². The highest BCUT2D eigenvalue weighted by Gasteiger charge is 2.30. The molecule has 0 aromatic carbocycles. The van der Waals surface area contributed by atoms with Gasteiger partial charge in [0.2, 0.25) is 0 Å². The van der Waals surface area contributed by atoms with Crippen LogP contribution < -0.4 is 5.32 Å². The van der Waals surface area contributed by atoms with E-state index in [4.69, 9.17) is 0 Å². The lowest BCUT2D eigenvalue weighted by atomic mass is 9.81. The van der Waals surface area contributed by atoms with Crippen LogP contribution >= 0.6 is 11.3 Å². The van der Waals surface area contributed by atoms with E-state index in [1.54, 1.807) is 11.3 Å². The number of nitrogens with one attached hydrogen (secondary N) is 1. The molecular weight excluding hydrogens is 271 g/mol. The summed E-state index contributed by atoms with van der Waals surface area (Å²) in [6, 6.07) is 2.31. The minimum Gasteiger partial charge on any atom is -0.316 e. The summed E-state index contributed by atoms with van der Waals surface area (Å²) in [4.78, 5) is 1.42. The van der Waals surface area contributed by atoms with E-state index in [-0.39, 0.29) is 12.5 Å². The van der Waals surface area contributed by atoms with Gasteiger partial charge in [0.05, 0.1) is 0 Å². The average molecular weight is 291 g/mol. The molecule has 1 N–H and O–H groups in total. The number of likely N-dealkylation sites (N-methyl/N-ethyl adjacent to an activating group) is 1. The maximum atomic E-state index is 12.2. The van der Waals surface area contributed by atoms with Crippen molar-refractivity contribution in [2.24, 2.45) is 0 Å². The van der Waals surface area contributed by atoms with Gasteiger partial charge in [-0.25, -0.2) is 0 Å². The first-order chi connectivity index (χ1) is 9.01. The zero-order valence-corrected chi connectivity index (χ0v) is 11.9. The van der Waals surface area contributed by atoms with Crippen molar-refractivity contribution in [3.63, 3.8) is 0 Å². The van der Waals surface area contributed by atoms with Crippen LogP contribution in [0.2, 0.25) is 0 Å². The van der Waals surface area contributed by atoms with Crippen molar-refractivity contribution in [3.8, 4) is 0 Å². The molecule has 5 heteroatoms. The van der Waals surface area contributed by atoms with Gasteiger partial charge >= 0.3 is 6.18 Å². The molecule has 0 saturated carbocycles. The van der Waals surface area contributed by atoms with Crippen LogP contribution in [0, 0.1) is 0 Å². The summed E-state index contributed by atoms with van der Waals surface area (Å²) in [6.45, 7) is 0. The molecule has 1 aromatic heterocycles. The van der Waals surface area contributed by atoms with Crippen LogP contribution in [0.5, 0.6) is 0 Å². The number of rotatable bonds is 5. The first-order valence-electron chi connectivity index (χ1n) is 6.81. The first-order valence-corrected chi connectivity index (χ1v) is 7.69. The Kier molecular flexibility index (Phi) is 4.90. The predicted molar refractivity (Wildman–Crippen MR) is 72.8 cm³/mol. The Balaban J connectivity index is 1.96. The second-order valence-electron chi connectivity index (χ2n) is 5.20. The highest BCUT2D eigenvalue weighted by molar-refractivity contribution is 7.10. The summed E-state index contributed by atoms with van der Waals surface area (Å²) in [7, 11) is 1.86. The van der Waals surface area contributed by atoms with Gasteiger partial charge in [0.15, 0.2) is 0 Å². The SMILES string of the molecule is CNC(CCCC(F)(F)F)C1CCCc2sccc21. The lowest BCUT2D eigenvalue weighted by Crippen LogP contribution is -2.34. The lowest BCUT2D eigenvalue weighted by Gasteiger charge is -2.30. The largest absolute Gasteiger partial charge is 0.389 e. The molecular formula is C14H20F3NS. The van der Waals surface area contributed by atoms with Gasteiger partial charge in [-0.15, -0.1) is 11.3 Å². The van der Waals surface area contributed by atoms with Crippen molar-refractivity contribution in [2.45, 2.75) is 56.7 Å². The molecule has 0 fully saturated rings. The zero-order chi connectivity index (χ0) is 13.9. The van der Waals surface area contributed by atoms with Gasteiger partial charge in [-0.2, -0.15) is 13.2 Å². The van der Waals surface area contributed by atoms with Crippen molar-refractivity contribution in [1.82, 2.24) is 5.32 Å². The monoisotopic (exact) mass is 291 g/mol. The smallest absolute Gasteiger partial charge is 0.316 e. The van der Waals surface area contributed by atoms with Crippen LogP contribution in [0.1, 0.15) is 48.5 Å². The highest BCUT2D eigenvalue weighted by atomic mass is 32.1. The van der Waals surface area contributed by atoms with E-state index in [0.717, 1.165) is 19.3 Å². The minimum absolute atomic E-state index is 0.163. The van der Waals surface area contributed by atoms with Gasteiger partial charge in [0.1, 0.15) is 0 Å². The third-order valence-corrected chi connectivity index (χ3v) is 4.93. The van der Waals surface area contributed by atoms with Crippen LogP contribution in [0.4, 0.5) is 13.2 Å². The van der Waals surface area contributed by atoms with Gasteiger partial charge in [-0.3, -0.25) is 0 Å².